The van der Waals surface area contributed by atoms with Crippen molar-refractivity contribution in [2.75, 3.05) is 0 Å². The first-order valence-corrected chi connectivity index (χ1v) is 4.69. The monoisotopic (exact) mass is 192 g/mol. The molecule has 14 heavy (non-hydrogen) atoms. The summed E-state index contributed by atoms with van der Waals surface area (Å²) < 4.78 is 0. The molecule has 1 aromatic rings. The van der Waals surface area contributed by atoms with Crippen LogP contribution in [0.4, 0.5) is 0 Å². The van der Waals surface area contributed by atoms with Gasteiger partial charge in [-0.2, -0.15) is 0 Å². The zero-order valence-corrected chi connectivity index (χ0v) is 8.03. The van der Waals surface area contributed by atoms with E-state index in [0.717, 1.165) is 6.42 Å². The molecule has 1 aliphatic carbocycles. The molecule has 0 bridgehead atoms. The third-order valence-electron chi connectivity index (χ3n) is 2.88. The van der Waals surface area contributed by atoms with Gasteiger partial charge in [-0.05, 0) is 25.8 Å². The Morgan fingerprint density at radius 3 is 2.71 bits per heavy atom. The highest BCUT2D eigenvalue weighted by Crippen LogP contribution is 2.42. The summed E-state index contributed by atoms with van der Waals surface area (Å²) in [4.78, 5) is 19.3. The van der Waals surface area contributed by atoms with Crippen molar-refractivity contribution >= 4 is 5.97 Å². The van der Waals surface area contributed by atoms with Gasteiger partial charge in [-0.3, -0.25) is 4.79 Å². The summed E-state index contributed by atoms with van der Waals surface area (Å²) in [5.41, 5.74) is -0.0722. The van der Waals surface area contributed by atoms with Crippen LogP contribution in [0.1, 0.15) is 30.8 Å². The first-order chi connectivity index (χ1) is 6.65. The van der Waals surface area contributed by atoms with Gasteiger partial charge in [0.25, 0.3) is 0 Å². The number of aryl methyl sites for hydroxylation is 1. The second kappa shape index (κ2) is 3.04. The molecule has 1 aromatic heterocycles. The van der Waals surface area contributed by atoms with Crippen LogP contribution in [0.3, 0.4) is 0 Å². The van der Waals surface area contributed by atoms with E-state index in [1.165, 1.54) is 0 Å². The fraction of sp³-hybridized carbons (Fsp3) is 0.500. The highest BCUT2D eigenvalue weighted by atomic mass is 16.4. The van der Waals surface area contributed by atoms with Crippen LogP contribution >= 0.6 is 0 Å². The molecule has 74 valence electrons. The first-order valence-electron chi connectivity index (χ1n) is 4.69. The predicted molar refractivity (Wildman–Crippen MR) is 49.9 cm³/mol. The smallest absolute Gasteiger partial charge is 0.315 e. The van der Waals surface area contributed by atoms with Gasteiger partial charge in [-0.25, -0.2) is 9.97 Å². The maximum Gasteiger partial charge on any atom is 0.315 e. The van der Waals surface area contributed by atoms with E-state index >= 15 is 0 Å². The highest BCUT2D eigenvalue weighted by molar-refractivity contribution is 5.81. The largest absolute Gasteiger partial charge is 0.481 e. The molecule has 0 aliphatic heterocycles. The molecule has 0 unspecified atom stereocenters. The van der Waals surface area contributed by atoms with Gasteiger partial charge in [0.05, 0.1) is 5.69 Å². The molecule has 0 radical (unpaired) electrons. The summed E-state index contributed by atoms with van der Waals surface area (Å²) in [6.07, 6.45) is 3.98. The van der Waals surface area contributed by atoms with Gasteiger partial charge in [0.2, 0.25) is 0 Å². The lowest BCUT2D eigenvalue weighted by Gasteiger charge is -2.36. The number of hydrogen-bond acceptors (Lipinski definition) is 3. The SMILES string of the molecule is Cc1nccc(C2(C(=O)O)CCC2)n1. The molecule has 1 N–H and O–H groups in total. The van der Waals surface area contributed by atoms with Gasteiger partial charge in [0.15, 0.2) is 0 Å². The van der Waals surface area contributed by atoms with E-state index in [9.17, 15) is 4.79 Å². The van der Waals surface area contributed by atoms with Crippen LogP contribution in [0.5, 0.6) is 0 Å². The molecule has 0 spiro atoms. The molecule has 4 nitrogen and oxygen atoms in total. The Kier molecular flexibility index (Phi) is 1.98. The van der Waals surface area contributed by atoms with Crippen molar-refractivity contribution in [1.82, 2.24) is 9.97 Å². The molecule has 1 aliphatic rings. The second-order valence-corrected chi connectivity index (χ2v) is 3.73. The molecule has 0 amide bonds. The summed E-state index contributed by atoms with van der Waals surface area (Å²) in [6, 6.07) is 1.71. The lowest BCUT2D eigenvalue weighted by Crippen LogP contribution is -2.43. The van der Waals surface area contributed by atoms with E-state index in [0.29, 0.717) is 24.4 Å². The topological polar surface area (TPSA) is 63.1 Å². The van der Waals surface area contributed by atoms with Crippen LogP contribution in [0.15, 0.2) is 12.3 Å². The number of carboxylic acid groups (broad SMARTS) is 1. The van der Waals surface area contributed by atoms with Gasteiger partial charge in [0.1, 0.15) is 11.2 Å². The zero-order chi connectivity index (χ0) is 10.2. The molecule has 2 rings (SSSR count). The number of nitrogens with zero attached hydrogens (tertiary/aromatic N) is 2. The van der Waals surface area contributed by atoms with Crippen molar-refractivity contribution < 1.29 is 9.90 Å². The first kappa shape index (κ1) is 9.12. The van der Waals surface area contributed by atoms with Crippen molar-refractivity contribution in [1.29, 1.82) is 0 Å². The molecule has 0 saturated heterocycles. The summed E-state index contributed by atoms with van der Waals surface area (Å²) >= 11 is 0. The predicted octanol–water partition coefficient (Wildman–Crippen LogP) is 1.29. The van der Waals surface area contributed by atoms with Crippen LogP contribution in [-0.2, 0) is 10.2 Å². The minimum absolute atomic E-state index is 0.634. The minimum Gasteiger partial charge on any atom is -0.481 e. The van der Waals surface area contributed by atoms with Crippen LogP contribution in [-0.4, -0.2) is 21.0 Å². The molecule has 1 heterocycles. The highest BCUT2D eigenvalue weighted by Gasteiger charge is 2.47. The van der Waals surface area contributed by atoms with Crippen LogP contribution in [0.25, 0.3) is 0 Å². The molecule has 1 fully saturated rings. The fourth-order valence-electron chi connectivity index (χ4n) is 1.83. The average molecular weight is 192 g/mol. The van der Waals surface area contributed by atoms with Gasteiger partial charge >= 0.3 is 5.97 Å². The average Bonchev–Trinajstić information content (AvgIpc) is 2.00. The maximum atomic E-state index is 11.2. The molecular weight excluding hydrogens is 180 g/mol. The Labute approximate surface area is 82.0 Å². The van der Waals surface area contributed by atoms with Crippen molar-refractivity contribution in [3.05, 3.63) is 23.8 Å². The molecule has 0 aromatic carbocycles. The number of aromatic nitrogens is 2. The minimum atomic E-state index is -0.762. The number of carboxylic acids is 1. The van der Waals surface area contributed by atoms with Crippen LogP contribution < -0.4 is 0 Å². The fourth-order valence-corrected chi connectivity index (χ4v) is 1.83. The Morgan fingerprint density at radius 1 is 1.57 bits per heavy atom. The van der Waals surface area contributed by atoms with Gasteiger partial charge in [-0.1, -0.05) is 6.42 Å². The summed E-state index contributed by atoms with van der Waals surface area (Å²) in [5.74, 6) is -0.128. The van der Waals surface area contributed by atoms with E-state index in [2.05, 4.69) is 9.97 Å². The van der Waals surface area contributed by atoms with Gasteiger partial charge in [0, 0.05) is 6.20 Å². The number of aliphatic carboxylic acids is 1. The second-order valence-electron chi connectivity index (χ2n) is 3.73. The Hall–Kier alpha value is -1.45. The zero-order valence-electron chi connectivity index (χ0n) is 8.03. The molecular formula is C10H12N2O2. The summed E-state index contributed by atoms with van der Waals surface area (Å²) in [5, 5.41) is 9.17. The third kappa shape index (κ3) is 1.18. The Balaban J connectivity index is 2.42. The van der Waals surface area contributed by atoms with E-state index in [1.807, 2.05) is 0 Å². The van der Waals surface area contributed by atoms with Crippen molar-refractivity contribution in [2.24, 2.45) is 0 Å². The number of rotatable bonds is 2. The van der Waals surface area contributed by atoms with E-state index in [1.54, 1.807) is 19.2 Å². The van der Waals surface area contributed by atoms with Crippen LogP contribution in [0, 0.1) is 6.92 Å². The van der Waals surface area contributed by atoms with Crippen molar-refractivity contribution in [3.8, 4) is 0 Å². The standard InChI is InChI=1S/C10H12N2O2/c1-7-11-6-3-8(12-7)10(9(13)14)4-2-5-10/h3,6H,2,4-5H2,1H3,(H,13,14). The van der Waals surface area contributed by atoms with Gasteiger partial charge in [-0.15, -0.1) is 0 Å². The Morgan fingerprint density at radius 2 is 2.29 bits per heavy atom. The summed E-state index contributed by atoms with van der Waals surface area (Å²) in [6.45, 7) is 1.78. The number of hydrogen-bond donors (Lipinski definition) is 1. The lowest BCUT2D eigenvalue weighted by molar-refractivity contribution is -0.147. The normalized spacial score (nSPS) is 18.6. The number of carbonyl (C=O) groups is 1. The maximum absolute atomic E-state index is 11.2. The summed E-state index contributed by atoms with van der Waals surface area (Å²) in [7, 11) is 0. The van der Waals surface area contributed by atoms with Crippen molar-refractivity contribution in [2.45, 2.75) is 31.6 Å². The van der Waals surface area contributed by atoms with E-state index in [-0.39, 0.29) is 0 Å². The van der Waals surface area contributed by atoms with Crippen molar-refractivity contribution in [3.63, 3.8) is 0 Å². The van der Waals surface area contributed by atoms with E-state index < -0.39 is 11.4 Å². The molecule has 4 heteroatoms. The lowest BCUT2D eigenvalue weighted by atomic mass is 9.66. The van der Waals surface area contributed by atoms with Gasteiger partial charge < -0.3 is 5.11 Å². The molecule has 0 atom stereocenters. The third-order valence-corrected chi connectivity index (χ3v) is 2.88. The molecule has 1 saturated carbocycles. The Bertz CT molecular complexity index is 372. The van der Waals surface area contributed by atoms with Crippen LogP contribution in [0.2, 0.25) is 0 Å². The van der Waals surface area contributed by atoms with E-state index in [4.69, 9.17) is 5.11 Å². The quantitative estimate of drug-likeness (QED) is 0.766.